The fraction of sp³-hybridized carbons (Fsp3) is 0.348. The molecule has 2 amide bonds. The Morgan fingerprint density at radius 1 is 1.17 bits per heavy atom. The normalized spacial score (nSPS) is 15.7. The monoisotopic (exact) mass is 522 g/mol. The third kappa shape index (κ3) is 8.85. The lowest BCUT2D eigenvalue weighted by Crippen LogP contribution is -2.38. The highest BCUT2D eigenvalue weighted by molar-refractivity contribution is 7.92. The molecule has 0 aromatic heterocycles. The second-order valence-corrected chi connectivity index (χ2v) is 10.2. The maximum absolute atomic E-state index is 12.2. The molecule has 0 aliphatic carbocycles. The minimum atomic E-state index is -3.70. The number of hydrogen-bond donors (Lipinski definition) is 2. The number of benzene rings is 2. The number of carbonyl (C=O) groups is 2. The zero-order valence-electron chi connectivity index (χ0n) is 19.1. The Kier molecular flexibility index (Phi) is 9.47. The van der Waals surface area contributed by atoms with Crippen molar-refractivity contribution in [1.29, 1.82) is 0 Å². The summed E-state index contributed by atoms with van der Waals surface area (Å²) in [7, 11) is -3.70. The fourth-order valence-corrected chi connectivity index (χ4v) is 4.22. The zero-order chi connectivity index (χ0) is 25.3. The number of nitrogens with one attached hydrogen (secondary N) is 2. The van der Waals surface area contributed by atoms with Crippen molar-refractivity contribution in [3.8, 4) is 5.75 Å². The van der Waals surface area contributed by atoms with Gasteiger partial charge in [0.25, 0.3) is 11.8 Å². The van der Waals surface area contributed by atoms with Crippen molar-refractivity contribution in [3.63, 3.8) is 0 Å². The van der Waals surface area contributed by atoms with Crippen LogP contribution in [0, 0.1) is 0 Å². The SMILES string of the molecule is CS(=O)(=O)N(CC(=O)N/N=C\c1ccc(OCC(=O)NC[C@H]2CCCO2)cc1)c1ccc(Cl)cc1. The Morgan fingerprint density at radius 2 is 1.89 bits per heavy atom. The zero-order valence-corrected chi connectivity index (χ0v) is 20.7. The van der Waals surface area contributed by atoms with Gasteiger partial charge in [0.15, 0.2) is 6.61 Å². The van der Waals surface area contributed by atoms with Crippen LogP contribution >= 0.6 is 11.6 Å². The number of carbonyl (C=O) groups excluding carboxylic acids is 2. The Morgan fingerprint density at radius 3 is 2.51 bits per heavy atom. The average Bonchev–Trinajstić information content (AvgIpc) is 3.34. The minimum Gasteiger partial charge on any atom is -0.484 e. The summed E-state index contributed by atoms with van der Waals surface area (Å²) in [6.45, 7) is 0.657. The molecule has 12 heteroatoms. The number of rotatable bonds is 11. The van der Waals surface area contributed by atoms with E-state index in [1.807, 2.05) is 0 Å². The first kappa shape index (κ1) is 26.5. The van der Waals surface area contributed by atoms with Gasteiger partial charge in [0.2, 0.25) is 10.0 Å². The van der Waals surface area contributed by atoms with Crippen molar-refractivity contribution in [1.82, 2.24) is 10.7 Å². The van der Waals surface area contributed by atoms with Gasteiger partial charge >= 0.3 is 0 Å². The van der Waals surface area contributed by atoms with Crippen molar-refractivity contribution < 1.29 is 27.5 Å². The molecule has 0 saturated carbocycles. The van der Waals surface area contributed by atoms with Crippen LogP contribution in [0.1, 0.15) is 18.4 Å². The van der Waals surface area contributed by atoms with Gasteiger partial charge in [0.05, 0.1) is 24.3 Å². The molecule has 2 aromatic carbocycles. The molecule has 2 aromatic rings. The Balaban J connectivity index is 1.44. The Bertz CT molecular complexity index is 1130. The predicted octanol–water partition coefficient (Wildman–Crippen LogP) is 1.93. The molecule has 1 aliphatic heterocycles. The standard InChI is InChI=1S/C23H27ClN4O6S/c1-35(31,32)28(19-8-6-18(24)7-9-19)15-22(29)27-26-13-17-4-10-20(11-5-17)34-16-23(30)25-14-21-3-2-12-33-21/h4-11,13,21H,2-3,12,14-16H2,1H3,(H,25,30)(H,27,29)/b26-13-/t21-/m1/s1. The van der Waals surface area contributed by atoms with E-state index in [1.165, 1.54) is 30.5 Å². The second kappa shape index (κ2) is 12.5. The summed E-state index contributed by atoms with van der Waals surface area (Å²) >= 11 is 5.84. The molecule has 0 bridgehead atoms. The van der Waals surface area contributed by atoms with E-state index in [2.05, 4.69) is 15.8 Å². The van der Waals surface area contributed by atoms with Gasteiger partial charge in [-0.1, -0.05) is 11.6 Å². The molecule has 3 rings (SSSR count). The van der Waals surface area contributed by atoms with Crippen LogP contribution in [0.4, 0.5) is 5.69 Å². The van der Waals surface area contributed by atoms with Crippen LogP contribution in [-0.4, -0.2) is 65.1 Å². The smallest absolute Gasteiger partial charge is 0.260 e. The van der Waals surface area contributed by atoms with E-state index in [1.54, 1.807) is 24.3 Å². The summed E-state index contributed by atoms with van der Waals surface area (Å²) < 4.78 is 36.1. The number of anilines is 1. The van der Waals surface area contributed by atoms with Crippen molar-refractivity contribution in [2.75, 3.05) is 36.9 Å². The number of amides is 2. The first-order valence-corrected chi connectivity index (χ1v) is 13.1. The summed E-state index contributed by atoms with van der Waals surface area (Å²) in [4.78, 5) is 24.1. The molecule has 10 nitrogen and oxygen atoms in total. The lowest BCUT2D eigenvalue weighted by Gasteiger charge is -2.21. The van der Waals surface area contributed by atoms with Crippen LogP contribution in [0.5, 0.6) is 5.75 Å². The predicted molar refractivity (Wildman–Crippen MR) is 133 cm³/mol. The van der Waals surface area contributed by atoms with Gasteiger partial charge in [-0.2, -0.15) is 5.10 Å². The highest BCUT2D eigenvalue weighted by Crippen LogP contribution is 2.20. The number of halogens is 1. The number of sulfonamides is 1. The van der Waals surface area contributed by atoms with E-state index in [9.17, 15) is 18.0 Å². The maximum Gasteiger partial charge on any atom is 0.260 e. The van der Waals surface area contributed by atoms with Crippen LogP contribution < -0.4 is 19.8 Å². The maximum atomic E-state index is 12.2. The van der Waals surface area contributed by atoms with E-state index in [0.717, 1.165) is 30.0 Å². The molecule has 1 fully saturated rings. The number of hydrogen-bond acceptors (Lipinski definition) is 7. The fourth-order valence-electron chi connectivity index (χ4n) is 3.23. The molecule has 1 aliphatic rings. The van der Waals surface area contributed by atoms with E-state index in [-0.39, 0.29) is 18.6 Å². The topological polar surface area (TPSA) is 126 Å². The van der Waals surface area contributed by atoms with Gasteiger partial charge in [-0.25, -0.2) is 13.8 Å². The molecule has 2 N–H and O–H groups in total. The highest BCUT2D eigenvalue weighted by Gasteiger charge is 2.20. The van der Waals surface area contributed by atoms with Crippen LogP contribution in [0.3, 0.4) is 0 Å². The van der Waals surface area contributed by atoms with Gasteiger partial charge in [-0.3, -0.25) is 13.9 Å². The number of nitrogens with zero attached hydrogens (tertiary/aromatic N) is 2. The Hall–Kier alpha value is -3.15. The van der Waals surface area contributed by atoms with Crippen LogP contribution in [0.2, 0.25) is 5.02 Å². The molecule has 0 radical (unpaired) electrons. The number of ether oxygens (including phenoxy) is 2. The molecule has 1 heterocycles. The molecular weight excluding hydrogens is 496 g/mol. The van der Waals surface area contributed by atoms with Crippen LogP contribution in [-0.2, 0) is 24.3 Å². The molecule has 0 spiro atoms. The van der Waals surface area contributed by atoms with Gasteiger partial charge in [0.1, 0.15) is 12.3 Å². The molecular formula is C23H27ClN4O6S. The lowest BCUT2D eigenvalue weighted by molar-refractivity contribution is -0.123. The van der Waals surface area contributed by atoms with Crippen LogP contribution in [0.15, 0.2) is 53.6 Å². The average molecular weight is 523 g/mol. The molecule has 1 atom stereocenters. The second-order valence-electron chi connectivity index (χ2n) is 7.84. The summed E-state index contributed by atoms with van der Waals surface area (Å²) in [6, 6.07) is 12.8. The summed E-state index contributed by atoms with van der Waals surface area (Å²) in [5, 5.41) is 7.10. The largest absolute Gasteiger partial charge is 0.484 e. The van der Waals surface area contributed by atoms with E-state index in [4.69, 9.17) is 21.1 Å². The third-order valence-corrected chi connectivity index (χ3v) is 6.40. The lowest BCUT2D eigenvalue weighted by atomic mass is 10.2. The third-order valence-electron chi connectivity index (χ3n) is 5.01. The Labute approximate surface area is 209 Å². The van der Waals surface area contributed by atoms with Gasteiger partial charge in [0, 0.05) is 18.2 Å². The van der Waals surface area contributed by atoms with Gasteiger partial charge in [-0.15, -0.1) is 0 Å². The summed E-state index contributed by atoms with van der Waals surface area (Å²) in [5.41, 5.74) is 3.29. The summed E-state index contributed by atoms with van der Waals surface area (Å²) in [5.74, 6) is -0.337. The van der Waals surface area contributed by atoms with Crippen molar-refractivity contribution in [2.24, 2.45) is 5.10 Å². The molecule has 0 unspecified atom stereocenters. The minimum absolute atomic E-state index is 0.0740. The van der Waals surface area contributed by atoms with E-state index < -0.39 is 22.5 Å². The van der Waals surface area contributed by atoms with E-state index >= 15 is 0 Å². The molecule has 1 saturated heterocycles. The quantitative estimate of drug-likeness (QED) is 0.343. The number of hydrazone groups is 1. The van der Waals surface area contributed by atoms with Crippen molar-refractivity contribution in [2.45, 2.75) is 18.9 Å². The van der Waals surface area contributed by atoms with E-state index in [0.29, 0.717) is 28.6 Å². The first-order chi connectivity index (χ1) is 16.7. The van der Waals surface area contributed by atoms with Gasteiger partial charge < -0.3 is 14.8 Å². The first-order valence-electron chi connectivity index (χ1n) is 10.9. The highest BCUT2D eigenvalue weighted by atomic mass is 35.5. The van der Waals surface area contributed by atoms with Gasteiger partial charge in [-0.05, 0) is 66.9 Å². The molecule has 35 heavy (non-hydrogen) atoms. The van der Waals surface area contributed by atoms with Crippen molar-refractivity contribution in [3.05, 3.63) is 59.1 Å². The molecule has 188 valence electrons. The van der Waals surface area contributed by atoms with Crippen LogP contribution in [0.25, 0.3) is 0 Å². The van der Waals surface area contributed by atoms with Crippen molar-refractivity contribution >= 4 is 45.3 Å². The summed E-state index contributed by atoms with van der Waals surface area (Å²) in [6.07, 6.45) is 4.45.